The van der Waals surface area contributed by atoms with Crippen molar-refractivity contribution in [2.24, 2.45) is 0 Å². The van der Waals surface area contributed by atoms with Gasteiger partial charge in [-0.05, 0) is 30.7 Å². The van der Waals surface area contributed by atoms with Crippen molar-refractivity contribution in [3.05, 3.63) is 29.3 Å². The van der Waals surface area contributed by atoms with Gasteiger partial charge in [0.1, 0.15) is 5.75 Å². The summed E-state index contributed by atoms with van der Waals surface area (Å²) in [6, 6.07) is 4.64. The maximum atomic E-state index is 11.7. The zero-order chi connectivity index (χ0) is 12.7. The van der Waals surface area contributed by atoms with Crippen LogP contribution in [0.5, 0.6) is 5.75 Å². The van der Waals surface area contributed by atoms with Gasteiger partial charge in [0, 0.05) is 18.0 Å². The Balaban J connectivity index is 2.42. The Hall–Kier alpha value is -1.26. The average Bonchev–Trinajstić information content (AvgIpc) is 2.28. The zero-order valence-corrected chi connectivity index (χ0v) is 10.5. The topological polar surface area (TPSA) is 58.6 Å². The van der Waals surface area contributed by atoms with Gasteiger partial charge in [0.15, 0.2) is 0 Å². The number of carbonyl (C=O) groups is 1. The van der Waals surface area contributed by atoms with Crippen LogP contribution in [0.4, 0.5) is 0 Å². The second-order valence-corrected chi connectivity index (χ2v) is 3.93. The minimum Gasteiger partial charge on any atom is -0.508 e. The second kappa shape index (κ2) is 7.14. The SMILES string of the molecule is Cc1cc(O)ccc1C(=O)NCCOCCCl. The van der Waals surface area contributed by atoms with Crippen LogP contribution in [0.2, 0.25) is 0 Å². The number of aromatic hydroxyl groups is 1. The Labute approximate surface area is 106 Å². The Morgan fingerprint density at radius 3 is 2.88 bits per heavy atom. The van der Waals surface area contributed by atoms with Gasteiger partial charge in [0.2, 0.25) is 0 Å². The van der Waals surface area contributed by atoms with Crippen LogP contribution in [0.3, 0.4) is 0 Å². The summed E-state index contributed by atoms with van der Waals surface area (Å²) in [4.78, 5) is 11.7. The first-order valence-electron chi connectivity index (χ1n) is 5.36. The van der Waals surface area contributed by atoms with E-state index in [9.17, 15) is 9.90 Å². The molecule has 2 N–H and O–H groups in total. The Morgan fingerprint density at radius 1 is 1.47 bits per heavy atom. The van der Waals surface area contributed by atoms with Crippen molar-refractivity contribution in [3.63, 3.8) is 0 Å². The van der Waals surface area contributed by atoms with E-state index in [1.165, 1.54) is 6.07 Å². The summed E-state index contributed by atoms with van der Waals surface area (Å²) < 4.78 is 5.13. The van der Waals surface area contributed by atoms with Crippen LogP contribution in [0.25, 0.3) is 0 Å². The summed E-state index contributed by atoms with van der Waals surface area (Å²) in [7, 11) is 0. The molecule has 0 heterocycles. The zero-order valence-electron chi connectivity index (χ0n) is 9.70. The van der Waals surface area contributed by atoms with Gasteiger partial charge in [-0.3, -0.25) is 4.79 Å². The summed E-state index contributed by atoms with van der Waals surface area (Å²) in [5.74, 6) is 0.437. The van der Waals surface area contributed by atoms with E-state index < -0.39 is 0 Å². The third kappa shape index (κ3) is 4.63. The van der Waals surface area contributed by atoms with Crippen molar-refractivity contribution in [1.82, 2.24) is 5.32 Å². The number of carbonyl (C=O) groups excluding carboxylic acids is 1. The standard InChI is InChI=1S/C12H16ClNO3/c1-9-8-10(15)2-3-11(9)12(16)14-5-7-17-6-4-13/h2-3,8,15H,4-7H2,1H3,(H,14,16). The highest BCUT2D eigenvalue weighted by atomic mass is 35.5. The first-order chi connectivity index (χ1) is 8.15. The first-order valence-corrected chi connectivity index (χ1v) is 5.90. The molecule has 0 saturated heterocycles. The molecule has 5 heteroatoms. The van der Waals surface area contributed by atoms with E-state index in [0.29, 0.717) is 31.2 Å². The van der Waals surface area contributed by atoms with Crippen LogP contribution in [0.15, 0.2) is 18.2 Å². The molecule has 0 bridgehead atoms. The molecule has 0 aromatic heterocycles. The van der Waals surface area contributed by atoms with Crippen molar-refractivity contribution in [3.8, 4) is 5.75 Å². The van der Waals surface area contributed by atoms with Gasteiger partial charge in [-0.15, -0.1) is 11.6 Å². The summed E-state index contributed by atoms with van der Waals surface area (Å²) in [6.45, 7) is 3.14. The quantitative estimate of drug-likeness (QED) is 0.602. The molecular formula is C12H16ClNO3. The molecule has 0 fully saturated rings. The lowest BCUT2D eigenvalue weighted by molar-refractivity contribution is 0.0923. The lowest BCUT2D eigenvalue weighted by atomic mass is 10.1. The molecule has 0 atom stereocenters. The minimum absolute atomic E-state index is 0.157. The number of nitrogens with one attached hydrogen (secondary N) is 1. The van der Waals surface area contributed by atoms with Gasteiger partial charge in [0.05, 0.1) is 13.2 Å². The number of ether oxygens (including phenoxy) is 1. The van der Waals surface area contributed by atoms with E-state index in [1.54, 1.807) is 19.1 Å². The lowest BCUT2D eigenvalue weighted by Gasteiger charge is -2.08. The smallest absolute Gasteiger partial charge is 0.251 e. The summed E-state index contributed by atoms with van der Waals surface area (Å²) in [5, 5.41) is 12.0. The van der Waals surface area contributed by atoms with Crippen LogP contribution in [-0.2, 0) is 4.74 Å². The molecule has 1 rings (SSSR count). The highest BCUT2D eigenvalue weighted by Gasteiger charge is 2.08. The number of alkyl halides is 1. The van der Waals surface area contributed by atoms with Crippen molar-refractivity contribution < 1.29 is 14.6 Å². The van der Waals surface area contributed by atoms with E-state index in [1.807, 2.05) is 0 Å². The molecule has 0 aliphatic carbocycles. The molecule has 0 radical (unpaired) electrons. The summed E-state index contributed by atoms with van der Waals surface area (Å²) >= 11 is 5.44. The predicted molar refractivity (Wildman–Crippen MR) is 66.7 cm³/mol. The van der Waals surface area contributed by atoms with E-state index in [0.717, 1.165) is 5.56 Å². The fraction of sp³-hybridized carbons (Fsp3) is 0.417. The predicted octanol–water partition coefficient (Wildman–Crippen LogP) is 1.69. The van der Waals surface area contributed by atoms with Crippen molar-refractivity contribution in [2.75, 3.05) is 25.6 Å². The highest BCUT2D eigenvalue weighted by molar-refractivity contribution is 6.17. The number of halogens is 1. The molecule has 17 heavy (non-hydrogen) atoms. The summed E-state index contributed by atoms with van der Waals surface area (Å²) in [6.07, 6.45) is 0. The van der Waals surface area contributed by atoms with Crippen molar-refractivity contribution in [2.45, 2.75) is 6.92 Å². The highest BCUT2D eigenvalue weighted by Crippen LogP contribution is 2.15. The van der Waals surface area contributed by atoms with Crippen molar-refractivity contribution in [1.29, 1.82) is 0 Å². The average molecular weight is 258 g/mol. The number of aryl methyl sites for hydroxylation is 1. The van der Waals surface area contributed by atoms with E-state index in [4.69, 9.17) is 16.3 Å². The van der Waals surface area contributed by atoms with Gasteiger partial charge < -0.3 is 15.2 Å². The van der Waals surface area contributed by atoms with Gasteiger partial charge in [-0.25, -0.2) is 0 Å². The molecule has 0 aliphatic rings. The van der Waals surface area contributed by atoms with Gasteiger partial charge in [0.25, 0.3) is 5.91 Å². The van der Waals surface area contributed by atoms with Crippen LogP contribution < -0.4 is 5.32 Å². The maximum Gasteiger partial charge on any atom is 0.251 e. The van der Waals surface area contributed by atoms with E-state index in [-0.39, 0.29) is 11.7 Å². The van der Waals surface area contributed by atoms with E-state index >= 15 is 0 Å². The second-order valence-electron chi connectivity index (χ2n) is 3.56. The van der Waals surface area contributed by atoms with Crippen LogP contribution in [0.1, 0.15) is 15.9 Å². The molecular weight excluding hydrogens is 242 g/mol. The Kier molecular flexibility index (Phi) is 5.80. The normalized spacial score (nSPS) is 10.2. The first kappa shape index (κ1) is 13.8. The monoisotopic (exact) mass is 257 g/mol. The number of rotatable bonds is 6. The lowest BCUT2D eigenvalue weighted by Crippen LogP contribution is -2.28. The van der Waals surface area contributed by atoms with Gasteiger partial charge in [-0.1, -0.05) is 0 Å². The molecule has 4 nitrogen and oxygen atoms in total. The molecule has 0 saturated carbocycles. The number of hydrogen-bond acceptors (Lipinski definition) is 3. The van der Waals surface area contributed by atoms with Crippen LogP contribution in [-0.4, -0.2) is 36.7 Å². The third-order valence-electron chi connectivity index (χ3n) is 2.21. The number of benzene rings is 1. The molecule has 1 aromatic carbocycles. The van der Waals surface area contributed by atoms with Crippen LogP contribution >= 0.6 is 11.6 Å². The molecule has 94 valence electrons. The number of hydrogen-bond donors (Lipinski definition) is 2. The third-order valence-corrected chi connectivity index (χ3v) is 2.36. The fourth-order valence-corrected chi connectivity index (χ4v) is 1.50. The number of phenolic OH excluding ortho intramolecular Hbond substituents is 1. The largest absolute Gasteiger partial charge is 0.508 e. The van der Waals surface area contributed by atoms with Gasteiger partial charge in [-0.2, -0.15) is 0 Å². The van der Waals surface area contributed by atoms with Crippen molar-refractivity contribution >= 4 is 17.5 Å². The van der Waals surface area contributed by atoms with E-state index in [2.05, 4.69) is 5.32 Å². The number of amides is 1. The Bertz CT molecular complexity index is 382. The minimum atomic E-state index is -0.169. The Morgan fingerprint density at radius 2 is 2.24 bits per heavy atom. The maximum absolute atomic E-state index is 11.7. The molecule has 1 aromatic rings. The van der Waals surface area contributed by atoms with Gasteiger partial charge >= 0.3 is 0 Å². The molecule has 0 aliphatic heterocycles. The fourth-order valence-electron chi connectivity index (χ4n) is 1.39. The number of phenols is 1. The summed E-state index contributed by atoms with van der Waals surface area (Å²) in [5.41, 5.74) is 1.30. The molecule has 1 amide bonds. The molecule has 0 spiro atoms. The van der Waals surface area contributed by atoms with Crippen LogP contribution in [0, 0.1) is 6.92 Å². The molecule has 0 unspecified atom stereocenters.